The Morgan fingerprint density at radius 1 is 1.24 bits per heavy atom. The highest BCUT2D eigenvalue weighted by Crippen LogP contribution is 2.30. The zero-order chi connectivity index (χ0) is 24.2. The summed E-state index contributed by atoms with van der Waals surface area (Å²) in [4.78, 5) is 27.4. The molecule has 0 fully saturated rings. The van der Waals surface area contributed by atoms with Gasteiger partial charge in [0.25, 0.3) is 5.56 Å². The highest BCUT2D eigenvalue weighted by molar-refractivity contribution is 6.33. The van der Waals surface area contributed by atoms with Gasteiger partial charge in [0.2, 0.25) is 5.95 Å². The summed E-state index contributed by atoms with van der Waals surface area (Å²) in [7, 11) is 1.54. The van der Waals surface area contributed by atoms with E-state index in [1.807, 2.05) is 0 Å². The van der Waals surface area contributed by atoms with Crippen molar-refractivity contribution in [1.82, 2.24) is 14.7 Å². The largest absolute Gasteiger partial charge is 0.497 e. The van der Waals surface area contributed by atoms with E-state index < -0.39 is 30.7 Å². The quantitative estimate of drug-likeness (QED) is 0.348. The van der Waals surface area contributed by atoms with Crippen LogP contribution in [0.5, 0.6) is 5.75 Å². The number of aliphatic hydroxyl groups is 2. The monoisotopic (exact) mass is 486 g/mol. The Bertz CT molecular complexity index is 1380. The summed E-state index contributed by atoms with van der Waals surface area (Å²) in [6.45, 7) is -0.994. The minimum Gasteiger partial charge on any atom is -0.497 e. The van der Waals surface area contributed by atoms with Crippen LogP contribution in [0.15, 0.2) is 59.5 Å². The number of nitrogens with zero attached hydrogens (tertiary/aromatic N) is 3. The molecule has 0 unspecified atom stereocenters. The van der Waals surface area contributed by atoms with Gasteiger partial charge in [-0.2, -0.15) is 4.98 Å². The lowest BCUT2D eigenvalue weighted by atomic mass is 10.1. The molecule has 3 N–H and O–H groups in total. The van der Waals surface area contributed by atoms with Crippen LogP contribution in [0.25, 0.3) is 22.2 Å². The average Bonchev–Trinajstić information content (AvgIpc) is 2.84. The van der Waals surface area contributed by atoms with E-state index in [0.717, 1.165) is 4.73 Å². The summed E-state index contributed by atoms with van der Waals surface area (Å²) >= 11 is 6.18. The van der Waals surface area contributed by atoms with E-state index in [2.05, 4.69) is 15.3 Å². The van der Waals surface area contributed by atoms with Crippen molar-refractivity contribution in [3.8, 4) is 16.9 Å². The number of nitrogens with one attached hydrogen (secondary N) is 1. The van der Waals surface area contributed by atoms with E-state index in [4.69, 9.17) is 26.3 Å². The van der Waals surface area contributed by atoms with Crippen molar-refractivity contribution in [3.63, 3.8) is 0 Å². The van der Waals surface area contributed by atoms with Crippen LogP contribution in [0.2, 0.25) is 5.02 Å². The third-order valence-electron chi connectivity index (χ3n) is 4.87. The van der Waals surface area contributed by atoms with Crippen molar-refractivity contribution >= 4 is 34.3 Å². The zero-order valence-electron chi connectivity index (χ0n) is 17.9. The Labute approximate surface area is 198 Å². The van der Waals surface area contributed by atoms with Crippen molar-refractivity contribution in [1.29, 1.82) is 0 Å². The Kier molecular flexibility index (Phi) is 6.92. The second-order valence-corrected chi connectivity index (χ2v) is 7.62. The van der Waals surface area contributed by atoms with Gasteiger partial charge < -0.3 is 25.1 Å². The Morgan fingerprint density at radius 2 is 2.03 bits per heavy atom. The fourth-order valence-corrected chi connectivity index (χ4v) is 3.49. The highest BCUT2D eigenvalue weighted by atomic mass is 35.5. The van der Waals surface area contributed by atoms with E-state index in [-0.39, 0.29) is 27.7 Å². The number of fused-ring (bicyclic) bond motifs is 1. The molecule has 0 radical (unpaired) electrons. The first-order chi connectivity index (χ1) is 16.4. The summed E-state index contributed by atoms with van der Waals surface area (Å²) in [5.74, 6) is 0.0791. The van der Waals surface area contributed by atoms with Gasteiger partial charge in [-0.25, -0.2) is 9.37 Å². The van der Waals surface area contributed by atoms with Crippen LogP contribution < -0.4 is 20.5 Å². The molecule has 34 heavy (non-hydrogen) atoms. The molecule has 1 atom stereocenters. The molecule has 11 heteroatoms. The number of aliphatic hydroxyl groups excluding tert-OH is 2. The number of anilines is 2. The fraction of sp³-hybridized carbons (Fsp3) is 0.174. The van der Waals surface area contributed by atoms with E-state index in [9.17, 15) is 14.3 Å². The molecule has 0 bridgehead atoms. The number of hydrogen-bond donors (Lipinski definition) is 3. The van der Waals surface area contributed by atoms with E-state index in [0.29, 0.717) is 16.8 Å². The Balaban J connectivity index is 1.85. The third-order valence-corrected chi connectivity index (χ3v) is 5.18. The maximum absolute atomic E-state index is 14.6. The number of benzene rings is 2. The van der Waals surface area contributed by atoms with Crippen LogP contribution in [0.1, 0.15) is 0 Å². The molecule has 0 aliphatic heterocycles. The summed E-state index contributed by atoms with van der Waals surface area (Å²) in [5.41, 5.74) is -0.234. The molecule has 9 nitrogen and oxygen atoms in total. The van der Waals surface area contributed by atoms with E-state index in [1.165, 1.54) is 30.5 Å². The van der Waals surface area contributed by atoms with Crippen molar-refractivity contribution in [3.05, 3.63) is 75.9 Å². The molecule has 2 aromatic carbocycles. The van der Waals surface area contributed by atoms with Crippen LogP contribution in [0.3, 0.4) is 0 Å². The van der Waals surface area contributed by atoms with Crippen molar-refractivity contribution < 1.29 is 24.2 Å². The minimum atomic E-state index is -1.25. The second-order valence-electron chi connectivity index (χ2n) is 7.22. The van der Waals surface area contributed by atoms with Gasteiger partial charge in [-0.05, 0) is 30.3 Å². The second kappa shape index (κ2) is 10.0. The van der Waals surface area contributed by atoms with E-state index in [1.54, 1.807) is 31.4 Å². The maximum atomic E-state index is 14.6. The smallest absolute Gasteiger partial charge is 0.293 e. The normalized spacial score (nSPS) is 11.9. The molecule has 0 saturated carbocycles. The van der Waals surface area contributed by atoms with Gasteiger partial charge in [0.1, 0.15) is 24.3 Å². The molecule has 0 spiro atoms. The lowest BCUT2D eigenvalue weighted by molar-refractivity contribution is 0.0000137. The predicted molar refractivity (Wildman–Crippen MR) is 125 cm³/mol. The van der Waals surface area contributed by atoms with Gasteiger partial charge in [0, 0.05) is 28.9 Å². The first kappa shape index (κ1) is 23.4. The van der Waals surface area contributed by atoms with Crippen LogP contribution in [0.4, 0.5) is 16.0 Å². The first-order valence-electron chi connectivity index (χ1n) is 10.1. The summed E-state index contributed by atoms with van der Waals surface area (Å²) < 4.78 is 20.6. The fourth-order valence-electron chi connectivity index (χ4n) is 3.23. The van der Waals surface area contributed by atoms with Gasteiger partial charge in [0.15, 0.2) is 5.65 Å². The minimum absolute atomic E-state index is 0.0376. The standard InChI is InChI=1S/C23H20ClFN4O5/c1-33-16-5-2-4-14(9-16)27-23-26-10-13-8-17(20-18(24)6-3-7-19(20)25)22(32)29(21(13)28-23)34-12-15(31)11-30/h2-10,15,30-31H,11-12H2,1H3,(H,26,27,28)/t15-/m1/s1. The number of pyridine rings is 1. The molecule has 0 saturated heterocycles. The summed E-state index contributed by atoms with van der Waals surface area (Å²) in [5, 5.41) is 22.3. The molecule has 0 amide bonds. The maximum Gasteiger partial charge on any atom is 0.293 e. The average molecular weight is 487 g/mol. The van der Waals surface area contributed by atoms with Crippen LogP contribution in [-0.2, 0) is 0 Å². The van der Waals surface area contributed by atoms with Gasteiger partial charge in [0.05, 0.1) is 24.3 Å². The Morgan fingerprint density at radius 3 is 2.76 bits per heavy atom. The highest BCUT2D eigenvalue weighted by Gasteiger charge is 2.20. The molecular formula is C23H20ClFN4O5. The van der Waals surface area contributed by atoms with Crippen molar-refractivity contribution in [2.75, 3.05) is 25.6 Å². The lowest BCUT2D eigenvalue weighted by Crippen LogP contribution is -2.34. The van der Waals surface area contributed by atoms with Crippen LogP contribution in [0, 0.1) is 5.82 Å². The predicted octanol–water partition coefficient (Wildman–Crippen LogP) is 2.79. The zero-order valence-corrected chi connectivity index (χ0v) is 18.7. The van der Waals surface area contributed by atoms with Crippen LogP contribution >= 0.6 is 11.6 Å². The molecule has 0 aliphatic rings. The number of rotatable bonds is 8. The van der Waals surface area contributed by atoms with Gasteiger partial charge in [-0.3, -0.25) is 4.79 Å². The molecule has 0 aliphatic carbocycles. The topological polar surface area (TPSA) is 119 Å². The molecular weight excluding hydrogens is 467 g/mol. The Hall–Kier alpha value is -3.73. The molecule has 4 aromatic rings. The molecule has 176 valence electrons. The van der Waals surface area contributed by atoms with Gasteiger partial charge in [-0.1, -0.05) is 23.7 Å². The number of ether oxygens (including phenoxy) is 1. The lowest BCUT2D eigenvalue weighted by Gasteiger charge is -2.16. The first-order valence-corrected chi connectivity index (χ1v) is 10.5. The molecule has 2 aromatic heterocycles. The molecule has 4 rings (SSSR count). The third kappa shape index (κ3) is 4.79. The van der Waals surface area contributed by atoms with Crippen molar-refractivity contribution in [2.45, 2.75) is 6.10 Å². The van der Waals surface area contributed by atoms with Crippen LogP contribution in [-0.4, -0.2) is 51.3 Å². The van der Waals surface area contributed by atoms with Crippen molar-refractivity contribution in [2.24, 2.45) is 0 Å². The number of hydrogen-bond acceptors (Lipinski definition) is 8. The molecule has 2 heterocycles. The van der Waals surface area contributed by atoms with Gasteiger partial charge >= 0.3 is 0 Å². The summed E-state index contributed by atoms with van der Waals surface area (Å²) in [6.07, 6.45) is 0.184. The number of aromatic nitrogens is 3. The number of halogens is 2. The SMILES string of the molecule is COc1cccc(Nc2ncc3cc(-c4c(F)cccc4Cl)c(=O)n(OC[C@H](O)CO)c3n2)c1. The van der Waals surface area contributed by atoms with E-state index >= 15 is 0 Å². The number of methoxy groups -OCH3 is 1. The summed E-state index contributed by atoms with van der Waals surface area (Å²) in [6, 6.07) is 12.6. The van der Waals surface area contributed by atoms with Gasteiger partial charge in [-0.15, -0.1) is 4.73 Å².